The molecule has 3 heteroatoms. The average molecular weight is 276 g/mol. The van der Waals surface area contributed by atoms with E-state index < -0.39 is 0 Å². The lowest BCUT2D eigenvalue weighted by Gasteiger charge is -2.38. The molecular weight excluding hydrogens is 248 g/mol. The van der Waals surface area contributed by atoms with Crippen LogP contribution in [-0.2, 0) is 0 Å². The average Bonchev–Trinajstić information content (AvgIpc) is 2.49. The van der Waals surface area contributed by atoms with Crippen LogP contribution < -0.4 is 10.5 Å². The molecule has 2 rings (SSSR count). The second kappa shape index (κ2) is 7.09. The minimum atomic E-state index is 0.417. The molecule has 0 saturated heterocycles. The van der Waals surface area contributed by atoms with E-state index in [9.17, 15) is 0 Å². The summed E-state index contributed by atoms with van der Waals surface area (Å²) in [7, 11) is 3.98. The Hall–Kier alpha value is -1.06. The quantitative estimate of drug-likeness (QED) is 0.896. The van der Waals surface area contributed by atoms with Gasteiger partial charge in [0.25, 0.3) is 0 Å². The van der Waals surface area contributed by atoms with Gasteiger partial charge in [-0.05, 0) is 56.8 Å². The van der Waals surface area contributed by atoms with E-state index in [4.69, 9.17) is 10.5 Å². The van der Waals surface area contributed by atoms with Gasteiger partial charge in [0, 0.05) is 18.1 Å². The van der Waals surface area contributed by atoms with Crippen molar-refractivity contribution in [3.63, 3.8) is 0 Å². The Morgan fingerprint density at radius 1 is 1.20 bits per heavy atom. The monoisotopic (exact) mass is 276 g/mol. The van der Waals surface area contributed by atoms with Crippen molar-refractivity contribution in [1.29, 1.82) is 0 Å². The first-order valence-corrected chi connectivity index (χ1v) is 7.77. The first kappa shape index (κ1) is 15.3. The van der Waals surface area contributed by atoms with Gasteiger partial charge in [0.2, 0.25) is 0 Å². The summed E-state index contributed by atoms with van der Waals surface area (Å²) in [4.78, 5) is 2.55. The summed E-state index contributed by atoms with van der Waals surface area (Å²) >= 11 is 0. The van der Waals surface area contributed by atoms with Crippen molar-refractivity contribution in [1.82, 2.24) is 4.90 Å². The summed E-state index contributed by atoms with van der Waals surface area (Å²) < 4.78 is 5.24. The first-order valence-electron chi connectivity index (χ1n) is 7.77. The van der Waals surface area contributed by atoms with Crippen LogP contribution in [0.4, 0.5) is 0 Å². The Balaban J connectivity index is 2.06. The standard InChI is InChI=1S/C17H28N2O/c1-4-17(13-5-11-16(20-3)12-6-13)19(2)15-9-7-14(18)8-10-15/h5-6,11-12,14-15,17H,4,7-10,18H2,1-3H3. The Kier molecular flexibility index (Phi) is 5.44. The van der Waals surface area contributed by atoms with Gasteiger partial charge < -0.3 is 10.5 Å². The van der Waals surface area contributed by atoms with E-state index >= 15 is 0 Å². The van der Waals surface area contributed by atoms with Gasteiger partial charge in [-0.2, -0.15) is 0 Å². The van der Waals surface area contributed by atoms with Gasteiger partial charge in [-0.25, -0.2) is 0 Å². The lowest BCUT2D eigenvalue weighted by Crippen LogP contribution is -2.40. The Bertz CT molecular complexity index is 396. The van der Waals surface area contributed by atoms with Gasteiger partial charge >= 0.3 is 0 Å². The molecule has 3 nitrogen and oxygen atoms in total. The van der Waals surface area contributed by atoms with Crippen LogP contribution in [0.2, 0.25) is 0 Å². The first-order chi connectivity index (χ1) is 9.65. The van der Waals surface area contributed by atoms with Crippen LogP contribution in [0.15, 0.2) is 24.3 Å². The molecule has 0 aromatic heterocycles. The van der Waals surface area contributed by atoms with Crippen molar-refractivity contribution >= 4 is 0 Å². The van der Waals surface area contributed by atoms with Gasteiger partial charge in [-0.3, -0.25) is 4.90 Å². The van der Waals surface area contributed by atoms with E-state index in [2.05, 4.69) is 43.1 Å². The predicted octanol–water partition coefficient (Wildman–Crippen LogP) is 3.35. The molecule has 20 heavy (non-hydrogen) atoms. The number of hydrogen-bond donors (Lipinski definition) is 1. The largest absolute Gasteiger partial charge is 0.497 e. The third-order valence-electron chi connectivity index (χ3n) is 4.70. The highest BCUT2D eigenvalue weighted by Gasteiger charge is 2.26. The lowest BCUT2D eigenvalue weighted by atomic mass is 9.89. The zero-order chi connectivity index (χ0) is 14.5. The molecule has 112 valence electrons. The number of hydrogen-bond acceptors (Lipinski definition) is 3. The minimum absolute atomic E-state index is 0.417. The summed E-state index contributed by atoms with van der Waals surface area (Å²) in [6.07, 6.45) is 5.90. The van der Waals surface area contributed by atoms with Crippen LogP contribution in [0.25, 0.3) is 0 Å². The van der Waals surface area contributed by atoms with Crippen molar-refractivity contribution in [2.75, 3.05) is 14.2 Å². The number of benzene rings is 1. The summed E-state index contributed by atoms with van der Waals surface area (Å²) in [5, 5.41) is 0. The molecule has 0 spiro atoms. The van der Waals surface area contributed by atoms with Gasteiger partial charge in [-0.15, -0.1) is 0 Å². The van der Waals surface area contributed by atoms with Crippen LogP contribution in [0.3, 0.4) is 0 Å². The molecular formula is C17H28N2O. The van der Waals surface area contributed by atoms with Crippen molar-refractivity contribution in [3.8, 4) is 5.75 Å². The topological polar surface area (TPSA) is 38.5 Å². The van der Waals surface area contributed by atoms with Crippen LogP contribution in [0.5, 0.6) is 5.75 Å². The SMILES string of the molecule is CCC(c1ccc(OC)cc1)N(C)C1CCC(N)CC1. The molecule has 0 bridgehead atoms. The molecule has 0 radical (unpaired) electrons. The van der Waals surface area contributed by atoms with E-state index in [1.165, 1.54) is 18.4 Å². The Morgan fingerprint density at radius 2 is 1.80 bits per heavy atom. The van der Waals surface area contributed by atoms with E-state index in [1.807, 2.05) is 0 Å². The van der Waals surface area contributed by atoms with Crippen molar-refractivity contribution in [2.24, 2.45) is 5.73 Å². The number of methoxy groups -OCH3 is 1. The van der Waals surface area contributed by atoms with E-state index in [0.717, 1.165) is 25.0 Å². The van der Waals surface area contributed by atoms with E-state index in [1.54, 1.807) is 7.11 Å². The van der Waals surface area contributed by atoms with Crippen LogP contribution in [-0.4, -0.2) is 31.1 Å². The molecule has 1 saturated carbocycles. The molecule has 1 aliphatic carbocycles. The van der Waals surface area contributed by atoms with Crippen molar-refractivity contribution in [3.05, 3.63) is 29.8 Å². The molecule has 1 atom stereocenters. The van der Waals surface area contributed by atoms with Gasteiger partial charge in [0.15, 0.2) is 0 Å². The van der Waals surface area contributed by atoms with Crippen LogP contribution >= 0.6 is 0 Å². The fraction of sp³-hybridized carbons (Fsp3) is 0.647. The number of nitrogens with two attached hydrogens (primary N) is 1. The summed E-state index contributed by atoms with van der Waals surface area (Å²) in [6.45, 7) is 2.26. The molecule has 0 aliphatic heterocycles. The highest BCUT2D eigenvalue weighted by atomic mass is 16.5. The van der Waals surface area contributed by atoms with Gasteiger partial charge in [0.05, 0.1) is 7.11 Å². The molecule has 2 N–H and O–H groups in total. The minimum Gasteiger partial charge on any atom is -0.497 e. The van der Waals surface area contributed by atoms with Gasteiger partial charge in [-0.1, -0.05) is 19.1 Å². The second-order valence-electron chi connectivity index (χ2n) is 5.93. The third kappa shape index (κ3) is 3.53. The second-order valence-corrected chi connectivity index (χ2v) is 5.93. The predicted molar refractivity (Wildman–Crippen MR) is 84.0 cm³/mol. The third-order valence-corrected chi connectivity index (χ3v) is 4.70. The molecule has 0 amide bonds. The number of ether oxygens (including phenoxy) is 1. The van der Waals surface area contributed by atoms with Crippen molar-refractivity contribution < 1.29 is 4.74 Å². The van der Waals surface area contributed by atoms with E-state index in [-0.39, 0.29) is 0 Å². The molecule has 1 aliphatic rings. The van der Waals surface area contributed by atoms with E-state index in [0.29, 0.717) is 18.1 Å². The molecule has 1 fully saturated rings. The molecule has 0 heterocycles. The zero-order valence-electron chi connectivity index (χ0n) is 13.0. The maximum Gasteiger partial charge on any atom is 0.118 e. The summed E-state index contributed by atoms with van der Waals surface area (Å²) in [5.74, 6) is 0.926. The maximum absolute atomic E-state index is 6.02. The zero-order valence-corrected chi connectivity index (χ0v) is 13.0. The Labute approximate surface area is 123 Å². The summed E-state index contributed by atoms with van der Waals surface area (Å²) in [5.41, 5.74) is 7.40. The summed E-state index contributed by atoms with van der Waals surface area (Å²) in [6, 6.07) is 10.1. The van der Waals surface area contributed by atoms with Crippen molar-refractivity contribution in [2.45, 2.75) is 57.2 Å². The lowest BCUT2D eigenvalue weighted by molar-refractivity contribution is 0.128. The molecule has 1 unspecified atom stereocenters. The highest BCUT2D eigenvalue weighted by molar-refractivity contribution is 5.29. The van der Waals surface area contributed by atoms with Crippen LogP contribution in [0.1, 0.15) is 50.6 Å². The van der Waals surface area contributed by atoms with Crippen LogP contribution in [0, 0.1) is 0 Å². The number of nitrogens with zero attached hydrogens (tertiary/aromatic N) is 1. The van der Waals surface area contributed by atoms with Gasteiger partial charge in [0.1, 0.15) is 5.75 Å². The number of rotatable bonds is 5. The fourth-order valence-electron chi connectivity index (χ4n) is 3.35. The molecule has 1 aromatic rings. The molecule has 1 aromatic carbocycles. The maximum atomic E-state index is 6.02. The Morgan fingerprint density at radius 3 is 2.30 bits per heavy atom. The fourth-order valence-corrected chi connectivity index (χ4v) is 3.35. The normalized spacial score (nSPS) is 24.6. The highest BCUT2D eigenvalue weighted by Crippen LogP contribution is 2.31. The smallest absolute Gasteiger partial charge is 0.118 e.